The van der Waals surface area contributed by atoms with Gasteiger partial charge in [-0.1, -0.05) is 0 Å². The molecule has 3 aromatic rings. The lowest BCUT2D eigenvalue weighted by Gasteiger charge is -2.06. The van der Waals surface area contributed by atoms with Crippen LogP contribution in [0.1, 0.15) is 56.6 Å². The summed E-state index contributed by atoms with van der Waals surface area (Å²) in [6.07, 6.45) is 0. The number of ketones is 1. The smallest absolute Gasteiger partial charge is 0.374 e. The highest BCUT2D eigenvalue weighted by Crippen LogP contribution is 2.28. The SMILES string of the molecule is CCOC(=O)c1c(NC(=O)COC(=O)c2ccc(COc3ccc(F)cc3)o2)oc(C)c1C(C)=O. The highest BCUT2D eigenvalue weighted by Gasteiger charge is 2.29. The van der Waals surface area contributed by atoms with Crippen LogP contribution in [0.3, 0.4) is 0 Å². The predicted octanol–water partition coefficient (Wildman–Crippen LogP) is 4.07. The van der Waals surface area contributed by atoms with Gasteiger partial charge in [-0.3, -0.25) is 14.9 Å². The van der Waals surface area contributed by atoms with E-state index in [4.69, 9.17) is 23.0 Å². The highest BCUT2D eigenvalue weighted by atomic mass is 19.1. The van der Waals surface area contributed by atoms with Crippen LogP contribution in [0.15, 0.2) is 45.2 Å². The van der Waals surface area contributed by atoms with Gasteiger partial charge in [0, 0.05) is 0 Å². The Kier molecular flexibility index (Phi) is 8.03. The monoisotopic (exact) mass is 487 g/mol. The Bertz CT molecular complexity index is 1240. The van der Waals surface area contributed by atoms with Crippen molar-refractivity contribution in [3.8, 4) is 5.75 Å². The number of anilines is 1. The zero-order valence-electron chi connectivity index (χ0n) is 19.1. The van der Waals surface area contributed by atoms with Crippen LogP contribution < -0.4 is 10.1 Å². The average Bonchev–Trinajstić information content (AvgIpc) is 3.41. The molecule has 0 saturated carbocycles. The second-order valence-electron chi connectivity index (χ2n) is 7.15. The number of ether oxygens (including phenoxy) is 3. The van der Waals surface area contributed by atoms with Crippen molar-refractivity contribution in [2.24, 2.45) is 0 Å². The first kappa shape index (κ1) is 25.2. The normalized spacial score (nSPS) is 10.5. The zero-order chi connectivity index (χ0) is 25.5. The molecule has 0 bridgehead atoms. The summed E-state index contributed by atoms with van der Waals surface area (Å²) in [4.78, 5) is 48.7. The minimum Gasteiger partial charge on any atom is -0.486 e. The summed E-state index contributed by atoms with van der Waals surface area (Å²) in [5.74, 6) is -3.05. The van der Waals surface area contributed by atoms with E-state index in [1.165, 1.54) is 50.2 Å². The number of halogens is 1. The van der Waals surface area contributed by atoms with Crippen molar-refractivity contribution >= 4 is 29.5 Å². The first-order valence-corrected chi connectivity index (χ1v) is 10.4. The van der Waals surface area contributed by atoms with Gasteiger partial charge >= 0.3 is 11.9 Å². The molecule has 11 heteroatoms. The topological polar surface area (TPSA) is 134 Å². The molecule has 0 spiro atoms. The second kappa shape index (κ2) is 11.1. The van der Waals surface area contributed by atoms with Crippen LogP contribution in [-0.4, -0.2) is 36.8 Å². The number of carbonyl (C=O) groups is 4. The van der Waals surface area contributed by atoms with Crippen LogP contribution in [0.5, 0.6) is 5.75 Å². The third kappa shape index (κ3) is 6.34. The lowest BCUT2D eigenvalue weighted by Crippen LogP contribution is -2.22. The number of furan rings is 2. The molecule has 3 rings (SSSR count). The molecule has 0 atom stereocenters. The maximum Gasteiger partial charge on any atom is 0.374 e. The number of hydrogen-bond acceptors (Lipinski definition) is 9. The summed E-state index contributed by atoms with van der Waals surface area (Å²) < 4.78 is 38.9. The molecule has 1 N–H and O–H groups in total. The van der Waals surface area contributed by atoms with E-state index in [2.05, 4.69) is 5.32 Å². The van der Waals surface area contributed by atoms with Crippen molar-refractivity contribution in [2.45, 2.75) is 27.4 Å². The fraction of sp³-hybridized carbons (Fsp3) is 0.250. The van der Waals surface area contributed by atoms with Crippen molar-refractivity contribution in [3.05, 3.63) is 70.6 Å². The Morgan fingerprint density at radius 1 is 0.943 bits per heavy atom. The third-order valence-corrected chi connectivity index (χ3v) is 4.56. The minimum absolute atomic E-state index is 0.0123. The molecule has 0 aliphatic rings. The van der Waals surface area contributed by atoms with Crippen molar-refractivity contribution < 1.29 is 46.6 Å². The Morgan fingerprint density at radius 3 is 2.31 bits per heavy atom. The maximum atomic E-state index is 12.9. The molecule has 0 aliphatic heterocycles. The fourth-order valence-corrected chi connectivity index (χ4v) is 3.07. The van der Waals surface area contributed by atoms with E-state index in [0.717, 1.165) is 0 Å². The lowest BCUT2D eigenvalue weighted by atomic mass is 10.1. The molecule has 0 aliphatic carbocycles. The summed E-state index contributed by atoms with van der Waals surface area (Å²) in [7, 11) is 0. The highest BCUT2D eigenvalue weighted by molar-refractivity contribution is 6.10. The van der Waals surface area contributed by atoms with E-state index in [0.29, 0.717) is 11.5 Å². The van der Waals surface area contributed by atoms with E-state index in [1.54, 1.807) is 6.92 Å². The van der Waals surface area contributed by atoms with E-state index in [9.17, 15) is 23.6 Å². The van der Waals surface area contributed by atoms with Gasteiger partial charge in [0.25, 0.3) is 5.91 Å². The van der Waals surface area contributed by atoms with Gasteiger partial charge in [-0.05, 0) is 57.2 Å². The van der Waals surface area contributed by atoms with Gasteiger partial charge in [0.1, 0.15) is 35.3 Å². The molecule has 184 valence electrons. The number of benzene rings is 1. The van der Waals surface area contributed by atoms with Gasteiger partial charge in [0.15, 0.2) is 12.4 Å². The number of rotatable bonds is 10. The van der Waals surface area contributed by atoms with Crippen LogP contribution in [0.4, 0.5) is 10.3 Å². The molecule has 0 fully saturated rings. The standard InChI is InChI=1S/C24H22FNO9/c1-4-31-24(30)21-20(13(2)27)14(3)34-22(21)26-19(28)12-33-23(29)18-10-9-17(35-18)11-32-16-7-5-15(25)6-8-16/h5-10H,4,11-12H2,1-3H3,(H,26,28). The Balaban J connectivity index is 1.58. The molecule has 35 heavy (non-hydrogen) atoms. The number of esters is 2. The van der Waals surface area contributed by atoms with E-state index in [-0.39, 0.29) is 41.7 Å². The van der Waals surface area contributed by atoms with Crippen molar-refractivity contribution in [3.63, 3.8) is 0 Å². The van der Waals surface area contributed by atoms with Crippen LogP contribution >= 0.6 is 0 Å². The van der Waals surface area contributed by atoms with Crippen molar-refractivity contribution in [1.29, 1.82) is 0 Å². The minimum atomic E-state index is -0.918. The summed E-state index contributed by atoms with van der Waals surface area (Å²) in [6, 6.07) is 8.20. The molecule has 2 aromatic heterocycles. The number of aryl methyl sites for hydroxylation is 1. The molecule has 1 amide bonds. The number of nitrogens with one attached hydrogen (secondary N) is 1. The summed E-state index contributed by atoms with van der Waals surface area (Å²) >= 11 is 0. The van der Waals surface area contributed by atoms with Gasteiger partial charge in [0.2, 0.25) is 11.6 Å². The summed E-state index contributed by atoms with van der Waals surface area (Å²) in [6.45, 7) is 3.60. The van der Waals surface area contributed by atoms with E-state index < -0.39 is 36.1 Å². The Hall–Kier alpha value is -4.41. The maximum absolute atomic E-state index is 12.9. The number of amides is 1. The van der Waals surface area contributed by atoms with Crippen LogP contribution in [0.25, 0.3) is 0 Å². The van der Waals surface area contributed by atoms with Crippen LogP contribution in [0, 0.1) is 12.7 Å². The largest absolute Gasteiger partial charge is 0.486 e. The summed E-state index contributed by atoms with van der Waals surface area (Å²) in [5, 5.41) is 2.31. The Labute approximate surface area is 198 Å². The predicted molar refractivity (Wildman–Crippen MR) is 118 cm³/mol. The van der Waals surface area contributed by atoms with Crippen molar-refractivity contribution in [1.82, 2.24) is 0 Å². The summed E-state index contributed by atoms with van der Waals surface area (Å²) in [5.41, 5.74) is -0.227. The van der Waals surface area contributed by atoms with E-state index >= 15 is 0 Å². The molecule has 0 saturated heterocycles. The van der Waals surface area contributed by atoms with E-state index in [1.807, 2.05) is 0 Å². The first-order chi connectivity index (χ1) is 16.7. The number of hydrogen-bond donors (Lipinski definition) is 1. The molecule has 10 nitrogen and oxygen atoms in total. The van der Waals surface area contributed by atoms with Crippen molar-refractivity contribution in [2.75, 3.05) is 18.5 Å². The molecule has 2 heterocycles. The number of carbonyl (C=O) groups excluding carboxylic acids is 4. The van der Waals surface area contributed by atoms with Crippen LogP contribution in [0.2, 0.25) is 0 Å². The van der Waals surface area contributed by atoms with Crippen LogP contribution in [-0.2, 0) is 20.9 Å². The zero-order valence-corrected chi connectivity index (χ0v) is 19.1. The van der Waals surface area contributed by atoms with Gasteiger partial charge in [-0.2, -0.15) is 0 Å². The molecule has 1 aromatic carbocycles. The fourth-order valence-electron chi connectivity index (χ4n) is 3.07. The number of Topliss-reactive ketones (excluding diaryl/α,β-unsaturated/α-hetero) is 1. The average molecular weight is 487 g/mol. The first-order valence-electron chi connectivity index (χ1n) is 10.4. The molecular weight excluding hydrogens is 465 g/mol. The Morgan fingerprint density at radius 2 is 1.66 bits per heavy atom. The molecular formula is C24H22FNO9. The second-order valence-corrected chi connectivity index (χ2v) is 7.15. The van der Waals surface area contributed by atoms with Gasteiger partial charge in [-0.25, -0.2) is 14.0 Å². The quantitative estimate of drug-likeness (QED) is 0.332. The lowest BCUT2D eigenvalue weighted by molar-refractivity contribution is -0.119. The van der Waals surface area contributed by atoms with Gasteiger partial charge in [-0.15, -0.1) is 0 Å². The van der Waals surface area contributed by atoms with Gasteiger partial charge < -0.3 is 23.0 Å². The molecule has 0 unspecified atom stereocenters. The third-order valence-electron chi connectivity index (χ3n) is 4.56. The molecule has 0 radical (unpaired) electrons. The van der Waals surface area contributed by atoms with Gasteiger partial charge in [0.05, 0.1) is 12.2 Å².